The van der Waals surface area contributed by atoms with Crippen LogP contribution < -0.4 is 4.74 Å². The van der Waals surface area contributed by atoms with Gasteiger partial charge in [0.1, 0.15) is 17.0 Å². The molecule has 2 rings (SSSR count). The van der Waals surface area contributed by atoms with Crippen molar-refractivity contribution in [2.45, 2.75) is 31.2 Å². The summed E-state index contributed by atoms with van der Waals surface area (Å²) in [7, 11) is 1.57. The van der Waals surface area contributed by atoms with Gasteiger partial charge >= 0.3 is 0 Å². The second kappa shape index (κ2) is 4.60. The first kappa shape index (κ1) is 11.7. The minimum absolute atomic E-state index is 0.159. The lowest BCUT2D eigenvalue weighted by Gasteiger charge is -2.24. The number of methoxy groups -OCH3 is 1. The number of ether oxygens (including phenoxy) is 1. The van der Waals surface area contributed by atoms with E-state index < -0.39 is 5.54 Å². The Morgan fingerprint density at radius 1 is 1.41 bits per heavy atom. The van der Waals surface area contributed by atoms with Crippen LogP contribution in [0.5, 0.6) is 11.5 Å². The van der Waals surface area contributed by atoms with Crippen LogP contribution in [0.2, 0.25) is 0 Å². The van der Waals surface area contributed by atoms with E-state index in [0.29, 0.717) is 11.3 Å². The number of benzene rings is 1. The Morgan fingerprint density at radius 3 is 2.71 bits per heavy atom. The van der Waals surface area contributed by atoms with Crippen molar-refractivity contribution in [2.24, 2.45) is 4.99 Å². The molecule has 0 saturated heterocycles. The number of isocyanates is 1. The number of rotatable bonds is 3. The molecule has 0 amide bonds. The minimum atomic E-state index is -0.611. The topological polar surface area (TPSA) is 58.9 Å². The standard InChI is InChI=1S/C13H15NO3/c1-17-10-4-5-12(16)11(8-10)13(14-9-15)6-2-3-7-13/h4-5,8,16H,2-3,6-7H2,1H3. The molecule has 0 bridgehead atoms. The fourth-order valence-electron chi connectivity index (χ4n) is 2.50. The van der Waals surface area contributed by atoms with Gasteiger partial charge in [0.15, 0.2) is 0 Å². The number of hydrogen-bond acceptors (Lipinski definition) is 4. The van der Waals surface area contributed by atoms with Gasteiger partial charge in [0.25, 0.3) is 0 Å². The highest BCUT2D eigenvalue weighted by Gasteiger charge is 2.38. The fraction of sp³-hybridized carbons (Fsp3) is 0.462. The van der Waals surface area contributed by atoms with Gasteiger partial charge in [0.05, 0.1) is 7.11 Å². The van der Waals surface area contributed by atoms with Crippen LogP contribution in [0.1, 0.15) is 31.2 Å². The number of carbonyl (C=O) groups excluding carboxylic acids is 1. The van der Waals surface area contributed by atoms with Gasteiger partial charge in [0.2, 0.25) is 6.08 Å². The Bertz CT molecular complexity index is 458. The molecule has 0 aliphatic heterocycles. The molecule has 17 heavy (non-hydrogen) atoms. The average Bonchev–Trinajstić information content (AvgIpc) is 2.80. The molecule has 1 aliphatic rings. The summed E-state index contributed by atoms with van der Waals surface area (Å²) in [5.74, 6) is 0.817. The monoisotopic (exact) mass is 233 g/mol. The van der Waals surface area contributed by atoms with Gasteiger partial charge in [-0.1, -0.05) is 12.8 Å². The third kappa shape index (κ3) is 2.04. The summed E-state index contributed by atoms with van der Waals surface area (Å²) in [6, 6.07) is 5.02. The van der Waals surface area contributed by atoms with Crippen LogP contribution in [-0.2, 0) is 10.3 Å². The molecule has 0 atom stereocenters. The second-order valence-corrected chi connectivity index (χ2v) is 4.32. The van der Waals surface area contributed by atoms with E-state index in [-0.39, 0.29) is 5.75 Å². The molecular formula is C13H15NO3. The van der Waals surface area contributed by atoms with Crippen LogP contribution >= 0.6 is 0 Å². The van der Waals surface area contributed by atoms with E-state index in [9.17, 15) is 9.90 Å². The summed E-state index contributed by atoms with van der Waals surface area (Å²) in [5, 5.41) is 9.94. The van der Waals surface area contributed by atoms with Crippen LogP contribution in [0.4, 0.5) is 0 Å². The van der Waals surface area contributed by atoms with Crippen LogP contribution in [0.25, 0.3) is 0 Å². The number of nitrogens with zero attached hydrogens (tertiary/aromatic N) is 1. The normalized spacial score (nSPS) is 17.5. The Hall–Kier alpha value is -1.80. The van der Waals surface area contributed by atoms with E-state index in [4.69, 9.17) is 4.74 Å². The highest BCUT2D eigenvalue weighted by Crippen LogP contribution is 2.46. The summed E-state index contributed by atoms with van der Waals surface area (Å²) in [6.45, 7) is 0. The summed E-state index contributed by atoms with van der Waals surface area (Å²) in [6.07, 6.45) is 5.17. The molecule has 4 nitrogen and oxygen atoms in total. The zero-order valence-corrected chi connectivity index (χ0v) is 9.77. The molecule has 0 radical (unpaired) electrons. The van der Waals surface area contributed by atoms with Crippen molar-refractivity contribution < 1.29 is 14.6 Å². The molecular weight excluding hydrogens is 218 g/mol. The Morgan fingerprint density at radius 2 is 2.12 bits per heavy atom. The van der Waals surface area contributed by atoms with E-state index in [1.54, 1.807) is 31.4 Å². The number of aromatic hydroxyl groups is 1. The van der Waals surface area contributed by atoms with Gasteiger partial charge in [-0.05, 0) is 31.0 Å². The lowest BCUT2D eigenvalue weighted by Crippen LogP contribution is -2.19. The van der Waals surface area contributed by atoms with Crippen molar-refractivity contribution in [3.8, 4) is 11.5 Å². The van der Waals surface area contributed by atoms with Crippen molar-refractivity contribution in [2.75, 3.05) is 7.11 Å². The minimum Gasteiger partial charge on any atom is -0.508 e. The van der Waals surface area contributed by atoms with Crippen molar-refractivity contribution in [3.63, 3.8) is 0 Å². The molecule has 1 saturated carbocycles. The summed E-state index contributed by atoms with van der Waals surface area (Å²) >= 11 is 0. The molecule has 4 heteroatoms. The molecule has 1 aliphatic carbocycles. The lowest BCUT2D eigenvalue weighted by atomic mass is 9.88. The molecule has 1 N–H and O–H groups in total. The first-order chi connectivity index (χ1) is 8.22. The first-order valence-electron chi connectivity index (χ1n) is 5.68. The van der Waals surface area contributed by atoms with E-state index >= 15 is 0 Å². The third-order valence-electron chi connectivity index (χ3n) is 3.40. The zero-order valence-electron chi connectivity index (χ0n) is 9.77. The SMILES string of the molecule is COc1ccc(O)c(C2(N=C=O)CCCC2)c1. The van der Waals surface area contributed by atoms with Crippen molar-refractivity contribution >= 4 is 6.08 Å². The Balaban J connectivity index is 2.52. The van der Waals surface area contributed by atoms with Gasteiger partial charge in [0, 0.05) is 5.56 Å². The molecule has 0 spiro atoms. The lowest BCUT2D eigenvalue weighted by molar-refractivity contribution is 0.391. The smallest absolute Gasteiger partial charge is 0.235 e. The molecule has 1 aromatic carbocycles. The van der Waals surface area contributed by atoms with Crippen molar-refractivity contribution in [1.29, 1.82) is 0 Å². The van der Waals surface area contributed by atoms with Crippen LogP contribution in [0, 0.1) is 0 Å². The number of phenols is 1. The molecule has 0 heterocycles. The Labute approximate surface area is 99.9 Å². The van der Waals surface area contributed by atoms with Crippen molar-refractivity contribution in [1.82, 2.24) is 0 Å². The Kier molecular flexibility index (Phi) is 3.16. The summed E-state index contributed by atoms with van der Waals surface area (Å²) in [4.78, 5) is 14.5. The zero-order chi connectivity index (χ0) is 12.3. The largest absolute Gasteiger partial charge is 0.508 e. The third-order valence-corrected chi connectivity index (χ3v) is 3.40. The van der Waals surface area contributed by atoms with Crippen LogP contribution in [-0.4, -0.2) is 18.3 Å². The van der Waals surface area contributed by atoms with Crippen LogP contribution in [0.15, 0.2) is 23.2 Å². The maximum absolute atomic E-state index is 10.6. The van der Waals surface area contributed by atoms with E-state index in [2.05, 4.69) is 4.99 Å². The van der Waals surface area contributed by atoms with Crippen LogP contribution in [0.3, 0.4) is 0 Å². The average molecular weight is 233 g/mol. The van der Waals surface area contributed by atoms with Gasteiger partial charge in [-0.3, -0.25) is 0 Å². The maximum Gasteiger partial charge on any atom is 0.235 e. The maximum atomic E-state index is 10.6. The molecule has 0 aromatic heterocycles. The summed E-state index contributed by atoms with van der Waals surface area (Å²) in [5.41, 5.74) is 0.0538. The van der Waals surface area contributed by atoms with E-state index in [0.717, 1.165) is 25.7 Å². The summed E-state index contributed by atoms with van der Waals surface area (Å²) < 4.78 is 5.14. The highest BCUT2D eigenvalue weighted by atomic mass is 16.5. The quantitative estimate of drug-likeness (QED) is 0.644. The second-order valence-electron chi connectivity index (χ2n) is 4.32. The van der Waals surface area contributed by atoms with Gasteiger partial charge < -0.3 is 9.84 Å². The molecule has 1 fully saturated rings. The van der Waals surface area contributed by atoms with Crippen molar-refractivity contribution in [3.05, 3.63) is 23.8 Å². The van der Waals surface area contributed by atoms with Gasteiger partial charge in [-0.2, -0.15) is 4.99 Å². The molecule has 0 unspecified atom stereocenters. The fourth-order valence-corrected chi connectivity index (χ4v) is 2.50. The van der Waals surface area contributed by atoms with Gasteiger partial charge in [-0.25, -0.2) is 4.79 Å². The van der Waals surface area contributed by atoms with E-state index in [1.807, 2.05) is 0 Å². The highest BCUT2D eigenvalue weighted by molar-refractivity contribution is 5.47. The number of phenolic OH excluding ortho intramolecular Hbond substituents is 1. The molecule has 90 valence electrons. The number of aliphatic imine (C=N–C) groups is 1. The first-order valence-corrected chi connectivity index (χ1v) is 5.68. The predicted molar refractivity (Wildman–Crippen MR) is 62.9 cm³/mol. The van der Waals surface area contributed by atoms with E-state index in [1.165, 1.54) is 0 Å². The predicted octanol–water partition coefficient (Wildman–Crippen LogP) is 2.51. The number of hydrogen-bond donors (Lipinski definition) is 1. The van der Waals surface area contributed by atoms with Gasteiger partial charge in [-0.15, -0.1) is 0 Å². The molecule has 1 aromatic rings.